The van der Waals surface area contributed by atoms with Crippen LogP contribution in [0.2, 0.25) is 0 Å². The molecular formula is C15H21NO5. The number of phenolic OH excluding ortho intramolecular Hbond substituents is 1. The lowest BCUT2D eigenvalue weighted by Crippen LogP contribution is -2.36. The number of amides is 1. The highest BCUT2D eigenvalue weighted by atomic mass is 16.5. The van der Waals surface area contributed by atoms with Crippen molar-refractivity contribution < 1.29 is 24.2 Å². The van der Waals surface area contributed by atoms with Crippen molar-refractivity contribution in [2.75, 3.05) is 13.7 Å². The number of hydrogen-bond acceptors (Lipinski definition) is 5. The zero-order valence-electron chi connectivity index (χ0n) is 12.5. The summed E-state index contributed by atoms with van der Waals surface area (Å²) in [5.74, 6) is -0.935. The molecule has 6 nitrogen and oxygen atoms in total. The van der Waals surface area contributed by atoms with E-state index in [1.807, 2.05) is 13.8 Å². The Morgan fingerprint density at radius 1 is 1.29 bits per heavy atom. The van der Waals surface area contributed by atoms with Gasteiger partial charge in [0.15, 0.2) is 6.61 Å². The minimum atomic E-state index is -0.755. The minimum Gasteiger partial charge on any atom is -0.507 e. The van der Waals surface area contributed by atoms with E-state index in [4.69, 9.17) is 9.47 Å². The molecular weight excluding hydrogens is 274 g/mol. The van der Waals surface area contributed by atoms with Crippen LogP contribution in [0.15, 0.2) is 18.2 Å². The SMILES string of the molecule is CCC(CC)NC(=O)COC(=O)c1ccc(OC)cc1O. The first-order chi connectivity index (χ1) is 10.0. The second-order valence-electron chi connectivity index (χ2n) is 4.54. The number of ether oxygens (including phenoxy) is 2. The van der Waals surface area contributed by atoms with Crippen molar-refractivity contribution in [3.63, 3.8) is 0 Å². The number of carbonyl (C=O) groups excluding carboxylic acids is 2. The Bertz CT molecular complexity index is 497. The Hall–Kier alpha value is -2.24. The Morgan fingerprint density at radius 2 is 1.95 bits per heavy atom. The van der Waals surface area contributed by atoms with Crippen LogP contribution in [0.25, 0.3) is 0 Å². The molecule has 0 fully saturated rings. The molecule has 0 unspecified atom stereocenters. The molecule has 6 heteroatoms. The van der Waals surface area contributed by atoms with Crippen LogP contribution in [-0.2, 0) is 9.53 Å². The van der Waals surface area contributed by atoms with Crippen molar-refractivity contribution in [1.82, 2.24) is 5.32 Å². The van der Waals surface area contributed by atoms with Crippen LogP contribution in [0, 0.1) is 0 Å². The maximum atomic E-state index is 11.8. The highest BCUT2D eigenvalue weighted by molar-refractivity contribution is 5.94. The normalized spacial score (nSPS) is 10.3. The summed E-state index contributed by atoms with van der Waals surface area (Å²) in [6.45, 7) is 3.56. The van der Waals surface area contributed by atoms with E-state index in [0.29, 0.717) is 5.75 Å². The van der Waals surface area contributed by atoms with E-state index in [2.05, 4.69) is 5.32 Å². The molecule has 1 amide bonds. The fourth-order valence-corrected chi connectivity index (χ4v) is 1.78. The van der Waals surface area contributed by atoms with E-state index in [0.717, 1.165) is 12.8 Å². The number of methoxy groups -OCH3 is 1. The smallest absolute Gasteiger partial charge is 0.342 e. The molecule has 0 aliphatic carbocycles. The van der Waals surface area contributed by atoms with Crippen LogP contribution < -0.4 is 10.1 Å². The highest BCUT2D eigenvalue weighted by Crippen LogP contribution is 2.23. The molecule has 0 aliphatic heterocycles. The largest absolute Gasteiger partial charge is 0.507 e. The average molecular weight is 295 g/mol. The molecule has 0 aliphatic rings. The van der Waals surface area contributed by atoms with Gasteiger partial charge in [0, 0.05) is 12.1 Å². The van der Waals surface area contributed by atoms with E-state index >= 15 is 0 Å². The summed E-state index contributed by atoms with van der Waals surface area (Å²) in [7, 11) is 1.45. The number of hydrogen-bond donors (Lipinski definition) is 2. The molecule has 0 spiro atoms. The summed E-state index contributed by atoms with van der Waals surface area (Å²) in [4.78, 5) is 23.4. The number of carbonyl (C=O) groups is 2. The zero-order valence-corrected chi connectivity index (χ0v) is 12.5. The first kappa shape index (κ1) is 16.8. The van der Waals surface area contributed by atoms with Crippen molar-refractivity contribution >= 4 is 11.9 Å². The lowest BCUT2D eigenvalue weighted by Gasteiger charge is -2.14. The summed E-state index contributed by atoms with van der Waals surface area (Å²) < 4.78 is 9.80. The fourth-order valence-electron chi connectivity index (χ4n) is 1.78. The molecule has 116 valence electrons. The summed E-state index contributed by atoms with van der Waals surface area (Å²) >= 11 is 0. The van der Waals surface area contributed by atoms with Crippen LogP contribution in [0.1, 0.15) is 37.0 Å². The van der Waals surface area contributed by atoms with Gasteiger partial charge in [-0.2, -0.15) is 0 Å². The molecule has 0 saturated carbocycles. The van der Waals surface area contributed by atoms with Crippen LogP contribution in [0.4, 0.5) is 0 Å². The van der Waals surface area contributed by atoms with Crippen LogP contribution >= 0.6 is 0 Å². The van der Waals surface area contributed by atoms with Gasteiger partial charge < -0.3 is 19.9 Å². The third-order valence-electron chi connectivity index (χ3n) is 3.11. The average Bonchev–Trinajstić information content (AvgIpc) is 2.49. The predicted molar refractivity (Wildman–Crippen MR) is 77.5 cm³/mol. The maximum absolute atomic E-state index is 11.8. The van der Waals surface area contributed by atoms with Gasteiger partial charge in [0.05, 0.1) is 7.11 Å². The number of rotatable bonds is 7. The standard InChI is InChI=1S/C15H21NO5/c1-4-10(5-2)16-14(18)9-21-15(19)12-7-6-11(20-3)8-13(12)17/h6-8,10,17H,4-5,9H2,1-3H3,(H,16,18). The van der Waals surface area contributed by atoms with Crippen molar-refractivity contribution in [2.45, 2.75) is 32.7 Å². The molecule has 1 rings (SSSR count). The van der Waals surface area contributed by atoms with E-state index in [-0.39, 0.29) is 29.9 Å². The summed E-state index contributed by atoms with van der Waals surface area (Å²) in [5.41, 5.74) is -0.00821. The van der Waals surface area contributed by atoms with Crippen molar-refractivity contribution in [1.29, 1.82) is 0 Å². The lowest BCUT2D eigenvalue weighted by atomic mass is 10.2. The van der Waals surface area contributed by atoms with Gasteiger partial charge in [0.2, 0.25) is 0 Å². The number of esters is 1. The topological polar surface area (TPSA) is 84.9 Å². The Morgan fingerprint density at radius 3 is 2.48 bits per heavy atom. The van der Waals surface area contributed by atoms with Gasteiger partial charge >= 0.3 is 5.97 Å². The van der Waals surface area contributed by atoms with Gasteiger partial charge in [-0.1, -0.05) is 13.8 Å². The first-order valence-corrected chi connectivity index (χ1v) is 6.85. The lowest BCUT2D eigenvalue weighted by molar-refractivity contribution is -0.125. The minimum absolute atomic E-state index is 0.00821. The van der Waals surface area contributed by atoms with Gasteiger partial charge in [-0.25, -0.2) is 4.79 Å². The van der Waals surface area contributed by atoms with Crippen molar-refractivity contribution in [2.24, 2.45) is 0 Å². The van der Waals surface area contributed by atoms with E-state index in [1.165, 1.54) is 25.3 Å². The Labute approximate surface area is 124 Å². The van der Waals surface area contributed by atoms with Crippen LogP contribution in [-0.4, -0.2) is 36.7 Å². The van der Waals surface area contributed by atoms with Gasteiger partial charge in [0.1, 0.15) is 17.1 Å². The van der Waals surface area contributed by atoms with Gasteiger partial charge in [-0.05, 0) is 25.0 Å². The second kappa shape index (κ2) is 8.14. The predicted octanol–water partition coefficient (Wildman–Crippen LogP) is 1.86. The van der Waals surface area contributed by atoms with E-state index < -0.39 is 5.97 Å². The molecule has 0 bridgehead atoms. The van der Waals surface area contributed by atoms with Crippen LogP contribution in [0.3, 0.4) is 0 Å². The summed E-state index contributed by atoms with van der Waals surface area (Å²) in [5, 5.41) is 12.5. The van der Waals surface area contributed by atoms with E-state index in [1.54, 1.807) is 0 Å². The molecule has 0 radical (unpaired) electrons. The highest BCUT2D eigenvalue weighted by Gasteiger charge is 2.16. The fraction of sp³-hybridized carbons (Fsp3) is 0.467. The molecule has 1 aromatic rings. The molecule has 0 aromatic heterocycles. The summed E-state index contributed by atoms with van der Waals surface area (Å²) in [6.07, 6.45) is 1.63. The number of nitrogens with one attached hydrogen (secondary N) is 1. The summed E-state index contributed by atoms with van der Waals surface area (Å²) in [6, 6.07) is 4.29. The third-order valence-corrected chi connectivity index (χ3v) is 3.11. The molecule has 1 aromatic carbocycles. The molecule has 0 atom stereocenters. The molecule has 2 N–H and O–H groups in total. The second-order valence-corrected chi connectivity index (χ2v) is 4.54. The quantitative estimate of drug-likeness (QED) is 0.750. The van der Waals surface area contributed by atoms with Gasteiger partial charge in [0.25, 0.3) is 5.91 Å². The molecule has 0 saturated heterocycles. The van der Waals surface area contributed by atoms with E-state index in [9.17, 15) is 14.7 Å². The zero-order chi connectivity index (χ0) is 15.8. The molecule has 21 heavy (non-hydrogen) atoms. The van der Waals surface area contributed by atoms with Crippen LogP contribution in [0.5, 0.6) is 11.5 Å². The van der Waals surface area contributed by atoms with Crippen molar-refractivity contribution in [3.8, 4) is 11.5 Å². The first-order valence-electron chi connectivity index (χ1n) is 6.85. The van der Waals surface area contributed by atoms with Crippen molar-refractivity contribution in [3.05, 3.63) is 23.8 Å². The Kier molecular flexibility index (Phi) is 6.52. The molecule has 0 heterocycles. The number of aromatic hydroxyl groups is 1. The van der Waals surface area contributed by atoms with Gasteiger partial charge in [-0.15, -0.1) is 0 Å². The third kappa shape index (κ3) is 4.98. The number of benzene rings is 1. The maximum Gasteiger partial charge on any atom is 0.342 e. The number of phenols is 1. The van der Waals surface area contributed by atoms with Gasteiger partial charge in [-0.3, -0.25) is 4.79 Å². The Balaban J connectivity index is 2.56. The monoisotopic (exact) mass is 295 g/mol.